The SMILES string of the molecule is CC[C@H](Sc1ccc(Cl)cc1)C(=O)NCc1ccccc1CN1CCCCC1. The number of hydrogen-bond donors (Lipinski definition) is 1. The smallest absolute Gasteiger partial charge is 0.233 e. The third-order valence-electron chi connectivity index (χ3n) is 5.17. The Kier molecular flexibility index (Phi) is 8.26. The van der Waals surface area contributed by atoms with E-state index in [0.29, 0.717) is 11.6 Å². The van der Waals surface area contributed by atoms with Crippen LogP contribution in [0.3, 0.4) is 0 Å². The van der Waals surface area contributed by atoms with Crippen molar-refractivity contribution in [3.63, 3.8) is 0 Å². The molecule has 1 N–H and O–H groups in total. The topological polar surface area (TPSA) is 32.3 Å². The number of carbonyl (C=O) groups is 1. The molecule has 28 heavy (non-hydrogen) atoms. The average Bonchev–Trinajstić information content (AvgIpc) is 2.73. The number of nitrogens with one attached hydrogen (secondary N) is 1. The third kappa shape index (κ3) is 6.26. The van der Waals surface area contributed by atoms with Crippen LogP contribution in [0.5, 0.6) is 0 Å². The summed E-state index contributed by atoms with van der Waals surface area (Å²) in [5.41, 5.74) is 2.54. The molecule has 1 saturated heterocycles. The molecule has 1 aliphatic rings. The van der Waals surface area contributed by atoms with Crippen LogP contribution in [0.1, 0.15) is 43.7 Å². The zero-order valence-corrected chi connectivity index (χ0v) is 18.1. The highest BCUT2D eigenvalue weighted by Gasteiger charge is 2.18. The number of likely N-dealkylation sites (tertiary alicyclic amines) is 1. The maximum absolute atomic E-state index is 12.8. The van der Waals surface area contributed by atoms with E-state index < -0.39 is 0 Å². The number of amides is 1. The summed E-state index contributed by atoms with van der Waals surface area (Å²) in [6, 6.07) is 16.1. The lowest BCUT2D eigenvalue weighted by Gasteiger charge is -2.27. The van der Waals surface area contributed by atoms with Crippen LogP contribution in [-0.4, -0.2) is 29.1 Å². The molecule has 5 heteroatoms. The molecule has 0 spiro atoms. The second-order valence-electron chi connectivity index (χ2n) is 7.29. The zero-order valence-electron chi connectivity index (χ0n) is 16.5. The van der Waals surface area contributed by atoms with Crippen molar-refractivity contribution in [2.45, 2.75) is 55.8 Å². The lowest BCUT2D eigenvalue weighted by atomic mass is 10.0. The van der Waals surface area contributed by atoms with E-state index in [9.17, 15) is 4.79 Å². The van der Waals surface area contributed by atoms with Crippen LogP contribution in [0.15, 0.2) is 53.4 Å². The van der Waals surface area contributed by atoms with Gasteiger partial charge >= 0.3 is 0 Å². The summed E-state index contributed by atoms with van der Waals surface area (Å²) in [5, 5.41) is 3.77. The average molecular weight is 417 g/mol. The number of hydrogen-bond acceptors (Lipinski definition) is 3. The van der Waals surface area contributed by atoms with E-state index >= 15 is 0 Å². The minimum Gasteiger partial charge on any atom is -0.351 e. The van der Waals surface area contributed by atoms with Crippen molar-refractivity contribution in [2.24, 2.45) is 0 Å². The number of rotatable bonds is 8. The first-order chi connectivity index (χ1) is 13.7. The first kappa shape index (κ1) is 21.2. The minimum atomic E-state index is -0.101. The Labute approximate surface area is 177 Å². The number of piperidine rings is 1. The molecule has 1 atom stereocenters. The summed E-state index contributed by atoms with van der Waals surface area (Å²) in [6.07, 6.45) is 4.71. The van der Waals surface area contributed by atoms with Gasteiger partial charge in [0.05, 0.1) is 5.25 Å². The quantitative estimate of drug-likeness (QED) is 0.575. The number of thioether (sulfide) groups is 1. The highest BCUT2D eigenvalue weighted by atomic mass is 35.5. The number of nitrogens with zero attached hydrogens (tertiary/aromatic N) is 1. The van der Waals surface area contributed by atoms with Crippen LogP contribution in [0.2, 0.25) is 5.02 Å². The van der Waals surface area contributed by atoms with Gasteiger partial charge in [0, 0.05) is 23.0 Å². The van der Waals surface area contributed by atoms with Crippen molar-refractivity contribution in [3.05, 3.63) is 64.7 Å². The fraction of sp³-hybridized carbons (Fsp3) is 0.435. The summed E-state index contributed by atoms with van der Waals surface area (Å²) < 4.78 is 0. The van der Waals surface area contributed by atoms with Gasteiger partial charge in [0.2, 0.25) is 5.91 Å². The predicted molar refractivity (Wildman–Crippen MR) is 119 cm³/mol. The van der Waals surface area contributed by atoms with Crippen LogP contribution in [-0.2, 0) is 17.9 Å². The van der Waals surface area contributed by atoms with Crippen LogP contribution in [0.25, 0.3) is 0 Å². The molecule has 3 nitrogen and oxygen atoms in total. The van der Waals surface area contributed by atoms with E-state index in [4.69, 9.17) is 11.6 Å². The normalized spacial score (nSPS) is 15.9. The first-order valence-electron chi connectivity index (χ1n) is 10.1. The van der Waals surface area contributed by atoms with E-state index in [2.05, 4.69) is 41.4 Å². The van der Waals surface area contributed by atoms with Crippen molar-refractivity contribution in [2.75, 3.05) is 13.1 Å². The van der Waals surface area contributed by atoms with Crippen LogP contribution in [0, 0.1) is 0 Å². The molecule has 1 aliphatic heterocycles. The number of benzene rings is 2. The van der Waals surface area contributed by atoms with Crippen molar-refractivity contribution < 1.29 is 4.79 Å². The number of halogens is 1. The molecule has 0 aromatic heterocycles. The van der Waals surface area contributed by atoms with E-state index in [0.717, 1.165) is 17.9 Å². The predicted octanol–water partition coefficient (Wildman–Crippen LogP) is 5.51. The van der Waals surface area contributed by atoms with Gasteiger partial charge in [0.25, 0.3) is 0 Å². The summed E-state index contributed by atoms with van der Waals surface area (Å²) >= 11 is 7.55. The Morgan fingerprint density at radius 3 is 2.43 bits per heavy atom. The largest absolute Gasteiger partial charge is 0.351 e. The molecule has 0 aliphatic carbocycles. The molecule has 0 bridgehead atoms. The molecule has 150 valence electrons. The van der Waals surface area contributed by atoms with Gasteiger partial charge in [-0.15, -0.1) is 11.8 Å². The fourth-order valence-corrected chi connectivity index (χ4v) is 4.64. The van der Waals surface area contributed by atoms with E-state index in [1.165, 1.54) is 43.5 Å². The summed E-state index contributed by atoms with van der Waals surface area (Å²) in [7, 11) is 0. The second-order valence-corrected chi connectivity index (χ2v) is 9.00. The molecular formula is C23H29ClN2OS. The van der Waals surface area contributed by atoms with Gasteiger partial charge in [0.15, 0.2) is 0 Å². The van der Waals surface area contributed by atoms with Gasteiger partial charge in [-0.2, -0.15) is 0 Å². The molecule has 1 amide bonds. The number of carbonyl (C=O) groups excluding carboxylic acids is 1. The maximum Gasteiger partial charge on any atom is 0.233 e. The summed E-state index contributed by atoms with van der Waals surface area (Å²) in [4.78, 5) is 16.3. The molecular weight excluding hydrogens is 388 g/mol. The fourth-order valence-electron chi connectivity index (χ4n) is 3.54. The molecule has 0 radical (unpaired) electrons. The van der Waals surface area contributed by atoms with Gasteiger partial charge in [-0.25, -0.2) is 0 Å². The Morgan fingerprint density at radius 1 is 1.07 bits per heavy atom. The van der Waals surface area contributed by atoms with Crippen LogP contribution < -0.4 is 5.32 Å². The maximum atomic E-state index is 12.8. The Bertz CT molecular complexity index is 759. The first-order valence-corrected chi connectivity index (χ1v) is 11.4. The van der Waals surface area contributed by atoms with E-state index in [1.807, 2.05) is 24.3 Å². The lowest BCUT2D eigenvalue weighted by molar-refractivity contribution is -0.120. The Morgan fingerprint density at radius 2 is 1.75 bits per heavy atom. The Balaban J connectivity index is 1.57. The second kappa shape index (κ2) is 10.9. The molecule has 1 fully saturated rings. The molecule has 2 aromatic carbocycles. The molecule has 1 heterocycles. The lowest BCUT2D eigenvalue weighted by Crippen LogP contribution is -2.33. The highest BCUT2D eigenvalue weighted by Crippen LogP contribution is 2.27. The third-order valence-corrected chi connectivity index (χ3v) is 6.80. The Hall–Kier alpha value is -1.49. The van der Waals surface area contributed by atoms with Crippen molar-refractivity contribution in [1.29, 1.82) is 0 Å². The van der Waals surface area contributed by atoms with Gasteiger partial charge < -0.3 is 5.32 Å². The summed E-state index contributed by atoms with van der Waals surface area (Å²) in [6.45, 7) is 5.97. The molecule has 0 unspecified atom stereocenters. The minimum absolute atomic E-state index is 0.0928. The monoisotopic (exact) mass is 416 g/mol. The van der Waals surface area contributed by atoms with E-state index in [1.54, 1.807) is 11.8 Å². The highest BCUT2D eigenvalue weighted by molar-refractivity contribution is 8.00. The standard InChI is InChI=1S/C23H29ClN2OS/c1-2-22(28-21-12-10-20(24)11-13-21)23(27)25-16-18-8-4-5-9-19(18)17-26-14-6-3-7-15-26/h4-5,8-13,22H,2-3,6-7,14-17H2,1H3,(H,25,27)/t22-/m0/s1. The van der Waals surface area contributed by atoms with E-state index in [-0.39, 0.29) is 11.2 Å². The van der Waals surface area contributed by atoms with Gasteiger partial charge in [-0.05, 0) is 67.7 Å². The van der Waals surface area contributed by atoms with Crippen LogP contribution in [0.4, 0.5) is 0 Å². The van der Waals surface area contributed by atoms with Gasteiger partial charge in [-0.3, -0.25) is 9.69 Å². The molecule has 0 saturated carbocycles. The van der Waals surface area contributed by atoms with Crippen molar-refractivity contribution >= 4 is 29.3 Å². The van der Waals surface area contributed by atoms with Gasteiger partial charge in [0.1, 0.15) is 0 Å². The van der Waals surface area contributed by atoms with Crippen molar-refractivity contribution in [1.82, 2.24) is 10.2 Å². The zero-order chi connectivity index (χ0) is 19.8. The molecule has 3 rings (SSSR count). The summed E-state index contributed by atoms with van der Waals surface area (Å²) in [5.74, 6) is 0.0928. The molecule has 2 aromatic rings. The van der Waals surface area contributed by atoms with Crippen LogP contribution >= 0.6 is 23.4 Å². The van der Waals surface area contributed by atoms with Crippen molar-refractivity contribution in [3.8, 4) is 0 Å². The van der Waals surface area contributed by atoms with Gasteiger partial charge in [-0.1, -0.05) is 49.2 Å².